The Morgan fingerprint density at radius 2 is 2.00 bits per heavy atom. The summed E-state index contributed by atoms with van der Waals surface area (Å²) in [6.45, 7) is 1.28. The Labute approximate surface area is 119 Å². The van der Waals surface area contributed by atoms with Gasteiger partial charge in [0.05, 0.1) is 6.61 Å². The maximum absolute atomic E-state index is 12.2. The maximum Gasteiger partial charge on any atom is 0.313 e. The lowest BCUT2D eigenvalue weighted by Gasteiger charge is -2.30. The average Bonchev–Trinajstić information content (AvgIpc) is 3.31. The molecule has 2 aliphatic carbocycles. The molecule has 2 N–H and O–H groups in total. The van der Waals surface area contributed by atoms with Crippen molar-refractivity contribution < 1.29 is 4.74 Å². The highest BCUT2D eigenvalue weighted by Gasteiger charge is 2.27. The van der Waals surface area contributed by atoms with Crippen molar-refractivity contribution in [2.75, 3.05) is 13.2 Å². The van der Waals surface area contributed by atoms with Crippen molar-refractivity contribution in [2.24, 2.45) is 17.6 Å². The summed E-state index contributed by atoms with van der Waals surface area (Å²) in [7, 11) is 0. The number of aromatic nitrogens is 2. The smallest absolute Gasteiger partial charge is 0.313 e. The van der Waals surface area contributed by atoms with Gasteiger partial charge in [-0.15, -0.1) is 0 Å². The van der Waals surface area contributed by atoms with Crippen LogP contribution in [0.1, 0.15) is 44.6 Å². The van der Waals surface area contributed by atoms with Gasteiger partial charge in [-0.05, 0) is 44.1 Å². The molecular formula is C15H23N3O2. The number of hydrogen-bond acceptors (Lipinski definition) is 4. The molecule has 2 saturated carbocycles. The first kappa shape index (κ1) is 13.6. The zero-order valence-corrected chi connectivity index (χ0v) is 11.8. The predicted molar refractivity (Wildman–Crippen MR) is 76.8 cm³/mol. The summed E-state index contributed by atoms with van der Waals surface area (Å²) in [5.41, 5.74) is 5.74. The summed E-state index contributed by atoms with van der Waals surface area (Å²) >= 11 is 0. The van der Waals surface area contributed by atoms with Crippen LogP contribution < -0.4 is 16.0 Å². The lowest BCUT2D eigenvalue weighted by Crippen LogP contribution is -2.32. The Kier molecular flexibility index (Phi) is 4.05. The van der Waals surface area contributed by atoms with Crippen LogP contribution in [0, 0.1) is 11.8 Å². The molecule has 0 saturated heterocycles. The van der Waals surface area contributed by atoms with Gasteiger partial charge in [0.15, 0.2) is 0 Å². The highest BCUT2D eigenvalue weighted by Crippen LogP contribution is 2.33. The normalized spacial score (nSPS) is 26.4. The molecule has 0 amide bonds. The molecule has 2 aliphatic rings. The Hall–Kier alpha value is -1.36. The van der Waals surface area contributed by atoms with Crippen LogP contribution in [0.2, 0.25) is 0 Å². The van der Waals surface area contributed by atoms with Gasteiger partial charge < -0.3 is 15.0 Å². The summed E-state index contributed by atoms with van der Waals surface area (Å²) in [5, 5.41) is 0. The summed E-state index contributed by atoms with van der Waals surface area (Å²) in [6, 6.07) is 0.360. The van der Waals surface area contributed by atoms with E-state index in [9.17, 15) is 4.79 Å². The first-order valence-corrected chi connectivity index (χ1v) is 7.69. The van der Waals surface area contributed by atoms with E-state index in [1.165, 1.54) is 19.3 Å². The van der Waals surface area contributed by atoms with E-state index in [0.717, 1.165) is 19.3 Å². The molecule has 1 aromatic heterocycles. The van der Waals surface area contributed by atoms with Gasteiger partial charge in [0.2, 0.25) is 0 Å². The van der Waals surface area contributed by atoms with Gasteiger partial charge in [-0.2, -0.15) is 0 Å². The highest BCUT2D eigenvalue weighted by molar-refractivity contribution is 5.07. The van der Waals surface area contributed by atoms with Crippen molar-refractivity contribution in [1.82, 2.24) is 9.55 Å². The zero-order valence-electron chi connectivity index (χ0n) is 11.8. The molecule has 5 nitrogen and oxygen atoms in total. The van der Waals surface area contributed by atoms with Crippen LogP contribution in [0.3, 0.4) is 0 Å². The number of nitrogens with zero attached hydrogens (tertiary/aromatic N) is 2. The van der Waals surface area contributed by atoms with Gasteiger partial charge in [0.25, 0.3) is 5.88 Å². The third kappa shape index (κ3) is 2.87. The minimum absolute atomic E-state index is 0.0879. The van der Waals surface area contributed by atoms with Crippen LogP contribution in [0.15, 0.2) is 17.2 Å². The number of hydrogen-bond donors (Lipinski definition) is 1. The molecule has 0 radical (unpaired) electrons. The monoisotopic (exact) mass is 277 g/mol. The summed E-state index contributed by atoms with van der Waals surface area (Å²) < 4.78 is 7.48. The van der Waals surface area contributed by atoms with Crippen LogP contribution >= 0.6 is 0 Å². The maximum atomic E-state index is 12.2. The second-order valence-corrected chi connectivity index (χ2v) is 6.03. The highest BCUT2D eigenvalue weighted by atomic mass is 16.5. The molecule has 20 heavy (non-hydrogen) atoms. The number of nitrogens with two attached hydrogens (primary N) is 1. The third-order valence-electron chi connectivity index (χ3n) is 4.58. The first-order chi connectivity index (χ1) is 9.79. The topological polar surface area (TPSA) is 70.1 Å². The molecule has 1 aromatic rings. The molecule has 2 atom stereocenters. The quantitative estimate of drug-likeness (QED) is 0.889. The van der Waals surface area contributed by atoms with Gasteiger partial charge in [0.1, 0.15) is 0 Å². The van der Waals surface area contributed by atoms with E-state index in [1.54, 1.807) is 17.0 Å². The minimum Gasteiger partial charge on any atom is -0.473 e. The number of ether oxygens (including phenoxy) is 1. The van der Waals surface area contributed by atoms with Crippen molar-refractivity contribution in [1.29, 1.82) is 0 Å². The van der Waals surface area contributed by atoms with Crippen LogP contribution in [-0.2, 0) is 0 Å². The fourth-order valence-electron chi connectivity index (χ4n) is 3.15. The van der Waals surface area contributed by atoms with Gasteiger partial charge in [-0.1, -0.05) is 12.8 Å². The van der Waals surface area contributed by atoms with E-state index in [-0.39, 0.29) is 11.4 Å². The van der Waals surface area contributed by atoms with E-state index in [0.29, 0.717) is 31.0 Å². The van der Waals surface area contributed by atoms with Gasteiger partial charge in [0, 0.05) is 18.4 Å². The van der Waals surface area contributed by atoms with Gasteiger partial charge in [-0.3, -0.25) is 4.79 Å². The fourth-order valence-corrected chi connectivity index (χ4v) is 3.15. The Balaban J connectivity index is 1.65. The van der Waals surface area contributed by atoms with Gasteiger partial charge >= 0.3 is 5.56 Å². The van der Waals surface area contributed by atoms with Crippen molar-refractivity contribution >= 4 is 0 Å². The fraction of sp³-hybridized carbons (Fsp3) is 0.733. The van der Waals surface area contributed by atoms with E-state index < -0.39 is 0 Å². The zero-order chi connectivity index (χ0) is 13.9. The van der Waals surface area contributed by atoms with Crippen molar-refractivity contribution in [3.05, 3.63) is 22.7 Å². The Morgan fingerprint density at radius 3 is 2.70 bits per heavy atom. The molecule has 1 heterocycles. The molecule has 0 aliphatic heterocycles. The SMILES string of the molecule is NCC1CCCCC1COc1nccn(C2CC2)c1=O. The molecule has 2 unspecified atom stereocenters. The summed E-state index contributed by atoms with van der Waals surface area (Å²) in [4.78, 5) is 16.3. The summed E-state index contributed by atoms with van der Waals surface area (Å²) in [6.07, 6.45) is 10.4. The third-order valence-corrected chi connectivity index (χ3v) is 4.58. The van der Waals surface area contributed by atoms with Crippen molar-refractivity contribution in [3.63, 3.8) is 0 Å². The molecular weight excluding hydrogens is 254 g/mol. The molecule has 110 valence electrons. The van der Waals surface area contributed by atoms with Crippen LogP contribution in [0.4, 0.5) is 0 Å². The Morgan fingerprint density at radius 1 is 1.25 bits per heavy atom. The van der Waals surface area contributed by atoms with Crippen LogP contribution in [-0.4, -0.2) is 22.7 Å². The Bertz CT molecular complexity index is 510. The molecule has 5 heteroatoms. The molecule has 2 fully saturated rings. The number of rotatable bonds is 5. The standard InChI is InChI=1S/C15H23N3O2/c16-9-11-3-1-2-4-12(11)10-20-14-15(19)18(8-7-17-14)13-5-6-13/h7-8,11-13H,1-6,9-10,16H2. The second-order valence-electron chi connectivity index (χ2n) is 6.03. The van der Waals surface area contributed by atoms with Crippen molar-refractivity contribution in [3.8, 4) is 5.88 Å². The predicted octanol–water partition coefficient (Wildman–Crippen LogP) is 1.72. The molecule has 0 bridgehead atoms. The average molecular weight is 277 g/mol. The van der Waals surface area contributed by atoms with E-state index >= 15 is 0 Å². The molecule has 0 aromatic carbocycles. The van der Waals surface area contributed by atoms with Crippen LogP contribution in [0.5, 0.6) is 5.88 Å². The van der Waals surface area contributed by atoms with E-state index in [4.69, 9.17) is 10.5 Å². The lowest BCUT2D eigenvalue weighted by molar-refractivity contribution is 0.147. The summed E-state index contributed by atoms with van der Waals surface area (Å²) in [5.74, 6) is 1.24. The molecule has 0 spiro atoms. The first-order valence-electron chi connectivity index (χ1n) is 7.69. The van der Waals surface area contributed by atoms with Gasteiger partial charge in [-0.25, -0.2) is 4.98 Å². The van der Waals surface area contributed by atoms with E-state index in [1.807, 2.05) is 0 Å². The largest absolute Gasteiger partial charge is 0.473 e. The molecule has 3 rings (SSSR count). The minimum atomic E-state index is -0.0879. The van der Waals surface area contributed by atoms with Crippen LogP contribution in [0.25, 0.3) is 0 Å². The second kappa shape index (κ2) is 5.95. The van der Waals surface area contributed by atoms with E-state index in [2.05, 4.69) is 4.98 Å². The van der Waals surface area contributed by atoms with Crippen molar-refractivity contribution in [2.45, 2.75) is 44.6 Å². The lowest BCUT2D eigenvalue weighted by atomic mass is 9.80.